The SMILES string of the molecule is CC(C)(C)OC(=O)N[C@@H](CC1CCC(O)CC1)C(=O)N1CCCC1. The number of nitrogens with zero attached hydrogens (tertiary/aromatic N) is 1. The van der Waals surface area contributed by atoms with Crippen molar-refractivity contribution in [1.29, 1.82) is 0 Å². The Bertz CT molecular complexity index is 433. The first kappa shape index (κ1) is 19.0. The molecule has 24 heavy (non-hydrogen) atoms. The minimum absolute atomic E-state index is 0.00415. The summed E-state index contributed by atoms with van der Waals surface area (Å²) in [7, 11) is 0. The monoisotopic (exact) mass is 340 g/mol. The van der Waals surface area contributed by atoms with E-state index in [1.165, 1.54) is 0 Å². The Hall–Kier alpha value is -1.30. The second kappa shape index (κ2) is 8.19. The van der Waals surface area contributed by atoms with Gasteiger partial charge in [-0.25, -0.2) is 4.79 Å². The third-order valence-corrected chi connectivity index (χ3v) is 4.79. The normalized spacial score (nSPS) is 26.1. The lowest BCUT2D eigenvalue weighted by Gasteiger charge is -2.31. The number of aliphatic hydroxyl groups excluding tert-OH is 1. The molecule has 2 amide bonds. The average molecular weight is 340 g/mol. The standard InChI is InChI=1S/C18H32N2O4/c1-18(2,3)24-17(23)19-15(16(22)20-10-4-5-11-20)12-13-6-8-14(21)9-7-13/h13-15,21H,4-12H2,1-3H3,(H,19,23)/t13?,14?,15-/m0/s1. The fraction of sp³-hybridized carbons (Fsp3) is 0.889. The molecule has 1 saturated heterocycles. The van der Waals surface area contributed by atoms with Crippen LogP contribution >= 0.6 is 0 Å². The average Bonchev–Trinajstić information content (AvgIpc) is 3.00. The maximum Gasteiger partial charge on any atom is 0.408 e. The zero-order valence-electron chi connectivity index (χ0n) is 15.2. The Morgan fingerprint density at radius 2 is 1.75 bits per heavy atom. The Morgan fingerprint density at radius 1 is 1.17 bits per heavy atom. The van der Waals surface area contributed by atoms with Gasteiger partial charge in [0.15, 0.2) is 0 Å². The summed E-state index contributed by atoms with van der Waals surface area (Å²) in [6.07, 6.45) is 5.30. The van der Waals surface area contributed by atoms with Crippen molar-refractivity contribution in [2.24, 2.45) is 5.92 Å². The van der Waals surface area contributed by atoms with Crippen molar-refractivity contribution >= 4 is 12.0 Å². The van der Waals surface area contributed by atoms with E-state index in [2.05, 4.69) is 5.32 Å². The number of hydrogen-bond acceptors (Lipinski definition) is 4. The highest BCUT2D eigenvalue weighted by Gasteiger charge is 2.32. The number of alkyl carbamates (subject to hydrolysis) is 1. The lowest BCUT2D eigenvalue weighted by Crippen LogP contribution is -2.50. The van der Waals surface area contributed by atoms with Gasteiger partial charge in [0, 0.05) is 13.1 Å². The zero-order valence-corrected chi connectivity index (χ0v) is 15.2. The maximum atomic E-state index is 12.8. The van der Waals surface area contributed by atoms with Crippen LogP contribution in [0.2, 0.25) is 0 Å². The number of likely N-dealkylation sites (tertiary alicyclic amines) is 1. The van der Waals surface area contributed by atoms with Crippen LogP contribution in [-0.2, 0) is 9.53 Å². The lowest BCUT2D eigenvalue weighted by molar-refractivity contribution is -0.133. The molecule has 2 aliphatic rings. The zero-order chi connectivity index (χ0) is 17.7. The van der Waals surface area contributed by atoms with E-state index in [1.54, 1.807) is 0 Å². The molecule has 1 saturated carbocycles. The molecule has 1 aliphatic carbocycles. The van der Waals surface area contributed by atoms with Crippen LogP contribution in [0.15, 0.2) is 0 Å². The molecular weight excluding hydrogens is 308 g/mol. The van der Waals surface area contributed by atoms with Crippen LogP contribution in [0.25, 0.3) is 0 Å². The smallest absolute Gasteiger partial charge is 0.408 e. The van der Waals surface area contributed by atoms with E-state index >= 15 is 0 Å². The summed E-state index contributed by atoms with van der Waals surface area (Å²) in [5.41, 5.74) is -0.583. The molecule has 0 aromatic heterocycles. The van der Waals surface area contributed by atoms with Gasteiger partial charge in [0.2, 0.25) is 5.91 Å². The topological polar surface area (TPSA) is 78.9 Å². The molecule has 6 nitrogen and oxygen atoms in total. The van der Waals surface area contributed by atoms with Crippen molar-refractivity contribution in [3.8, 4) is 0 Å². The van der Waals surface area contributed by atoms with Gasteiger partial charge in [-0.3, -0.25) is 4.79 Å². The molecule has 1 atom stereocenters. The number of rotatable bonds is 4. The first-order chi connectivity index (χ1) is 11.2. The van der Waals surface area contributed by atoms with Crippen LogP contribution in [0.1, 0.15) is 65.7 Å². The largest absolute Gasteiger partial charge is 0.444 e. The van der Waals surface area contributed by atoms with E-state index in [0.717, 1.165) is 51.6 Å². The molecule has 1 heterocycles. The third kappa shape index (κ3) is 5.96. The van der Waals surface area contributed by atoms with Crippen molar-refractivity contribution in [1.82, 2.24) is 10.2 Å². The van der Waals surface area contributed by atoms with Gasteiger partial charge >= 0.3 is 6.09 Å². The molecule has 1 aliphatic heterocycles. The van der Waals surface area contributed by atoms with E-state index in [0.29, 0.717) is 12.3 Å². The van der Waals surface area contributed by atoms with Gasteiger partial charge < -0.3 is 20.1 Å². The van der Waals surface area contributed by atoms with Crippen molar-refractivity contribution in [2.45, 2.75) is 83.5 Å². The number of aliphatic hydroxyl groups is 1. The Kier molecular flexibility index (Phi) is 6.49. The number of carbonyl (C=O) groups excluding carboxylic acids is 2. The highest BCUT2D eigenvalue weighted by molar-refractivity contribution is 5.86. The first-order valence-corrected chi connectivity index (χ1v) is 9.21. The van der Waals surface area contributed by atoms with Crippen molar-refractivity contribution < 1.29 is 19.4 Å². The van der Waals surface area contributed by atoms with E-state index in [9.17, 15) is 14.7 Å². The molecule has 6 heteroatoms. The van der Waals surface area contributed by atoms with Gasteiger partial charge in [-0.1, -0.05) is 0 Å². The van der Waals surface area contributed by atoms with Crippen LogP contribution in [0.4, 0.5) is 4.79 Å². The van der Waals surface area contributed by atoms with Crippen molar-refractivity contribution in [3.05, 3.63) is 0 Å². The van der Waals surface area contributed by atoms with Gasteiger partial charge in [0.1, 0.15) is 11.6 Å². The Morgan fingerprint density at radius 3 is 2.29 bits per heavy atom. The summed E-state index contributed by atoms with van der Waals surface area (Å²) in [5, 5.41) is 12.4. The fourth-order valence-electron chi connectivity index (χ4n) is 3.54. The van der Waals surface area contributed by atoms with Crippen LogP contribution in [0, 0.1) is 5.92 Å². The van der Waals surface area contributed by atoms with Gasteiger partial charge in [-0.15, -0.1) is 0 Å². The Labute approximate surface area is 144 Å². The predicted octanol–water partition coefficient (Wildman–Crippen LogP) is 2.44. The summed E-state index contributed by atoms with van der Waals surface area (Å²) in [6.45, 7) is 6.98. The van der Waals surface area contributed by atoms with Gasteiger partial charge in [0.05, 0.1) is 6.10 Å². The molecule has 0 radical (unpaired) electrons. The predicted molar refractivity (Wildman–Crippen MR) is 91.6 cm³/mol. The summed E-state index contributed by atoms with van der Waals surface area (Å²) in [5.74, 6) is 0.365. The second-order valence-electron chi connectivity index (χ2n) is 8.14. The molecule has 2 rings (SSSR count). The van der Waals surface area contributed by atoms with Gasteiger partial charge in [0.25, 0.3) is 0 Å². The Balaban J connectivity index is 1.97. The number of amides is 2. The molecule has 2 N–H and O–H groups in total. The van der Waals surface area contributed by atoms with Crippen molar-refractivity contribution in [2.75, 3.05) is 13.1 Å². The molecule has 0 bridgehead atoms. The summed E-state index contributed by atoms with van der Waals surface area (Å²) in [6, 6.07) is -0.529. The molecule has 138 valence electrons. The quantitative estimate of drug-likeness (QED) is 0.824. The number of ether oxygens (including phenoxy) is 1. The van der Waals surface area contributed by atoms with E-state index in [-0.39, 0.29) is 12.0 Å². The van der Waals surface area contributed by atoms with Gasteiger partial charge in [-0.05, 0) is 71.6 Å². The minimum atomic E-state index is -0.583. The molecule has 0 aromatic carbocycles. The first-order valence-electron chi connectivity index (χ1n) is 9.21. The third-order valence-electron chi connectivity index (χ3n) is 4.79. The van der Waals surface area contributed by atoms with Crippen molar-refractivity contribution in [3.63, 3.8) is 0 Å². The van der Waals surface area contributed by atoms with Crippen LogP contribution < -0.4 is 5.32 Å². The van der Waals surface area contributed by atoms with Crippen LogP contribution in [-0.4, -0.2) is 52.8 Å². The van der Waals surface area contributed by atoms with Gasteiger partial charge in [-0.2, -0.15) is 0 Å². The highest BCUT2D eigenvalue weighted by atomic mass is 16.6. The highest BCUT2D eigenvalue weighted by Crippen LogP contribution is 2.28. The summed E-state index contributed by atoms with van der Waals surface area (Å²) in [4.78, 5) is 26.8. The second-order valence-corrected chi connectivity index (χ2v) is 8.14. The van der Waals surface area contributed by atoms with Crippen LogP contribution in [0.3, 0.4) is 0 Å². The number of nitrogens with one attached hydrogen (secondary N) is 1. The summed E-state index contributed by atoms with van der Waals surface area (Å²) < 4.78 is 5.33. The molecule has 0 aromatic rings. The van der Waals surface area contributed by atoms with E-state index in [1.807, 2.05) is 25.7 Å². The molecule has 0 spiro atoms. The number of carbonyl (C=O) groups is 2. The minimum Gasteiger partial charge on any atom is -0.444 e. The van der Waals surface area contributed by atoms with E-state index < -0.39 is 17.7 Å². The number of hydrogen-bond donors (Lipinski definition) is 2. The maximum absolute atomic E-state index is 12.8. The molecule has 0 unspecified atom stereocenters. The lowest BCUT2D eigenvalue weighted by atomic mass is 9.83. The van der Waals surface area contributed by atoms with E-state index in [4.69, 9.17) is 4.74 Å². The molecule has 2 fully saturated rings. The molecular formula is C18H32N2O4. The summed E-state index contributed by atoms with van der Waals surface area (Å²) >= 11 is 0. The van der Waals surface area contributed by atoms with Crippen LogP contribution in [0.5, 0.6) is 0 Å². The fourth-order valence-corrected chi connectivity index (χ4v) is 3.54.